The molecule has 0 aliphatic carbocycles. The summed E-state index contributed by atoms with van der Waals surface area (Å²) in [6.07, 6.45) is 1.56. The Balaban J connectivity index is 1.79. The van der Waals surface area contributed by atoms with E-state index in [2.05, 4.69) is 10.4 Å². The second-order valence-electron chi connectivity index (χ2n) is 5.23. The first-order chi connectivity index (χ1) is 12.0. The summed E-state index contributed by atoms with van der Waals surface area (Å²) in [6, 6.07) is 14.5. The van der Waals surface area contributed by atoms with Crippen molar-refractivity contribution in [3.63, 3.8) is 0 Å². The third-order valence-corrected chi connectivity index (χ3v) is 3.92. The Labute approximate surface area is 148 Å². The number of nitrogens with one attached hydrogen (secondary N) is 1. The van der Waals surface area contributed by atoms with Gasteiger partial charge in [0.2, 0.25) is 0 Å². The van der Waals surface area contributed by atoms with Crippen LogP contribution in [0.5, 0.6) is 0 Å². The van der Waals surface area contributed by atoms with E-state index in [1.807, 2.05) is 18.2 Å². The molecule has 0 saturated heterocycles. The number of non-ortho nitro benzene ring substituents is 1. The lowest BCUT2D eigenvalue weighted by Gasteiger charge is -2.10. The van der Waals surface area contributed by atoms with E-state index in [0.29, 0.717) is 17.4 Å². The second kappa shape index (κ2) is 7.14. The Kier molecular flexibility index (Phi) is 4.76. The maximum Gasteiger partial charge on any atom is 0.270 e. The summed E-state index contributed by atoms with van der Waals surface area (Å²) >= 11 is 6.15. The van der Waals surface area contributed by atoms with Crippen molar-refractivity contribution in [3.05, 3.63) is 87.1 Å². The first-order valence-corrected chi connectivity index (χ1v) is 7.73. The highest BCUT2D eigenvalue weighted by Crippen LogP contribution is 2.19. The monoisotopic (exact) mass is 356 g/mol. The highest BCUT2D eigenvalue weighted by Gasteiger charge is 2.14. The molecule has 0 saturated carbocycles. The minimum absolute atomic E-state index is 0.141. The second-order valence-corrected chi connectivity index (χ2v) is 5.63. The van der Waals surface area contributed by atoms with Crippen molar-refractivity contribution >= 4 is 29.0 Å². The number of halogens is 1. The van der Waals surface area contributed by atoms with Gasteiger partial charge in [-0.1, -0.05) is 35.9 Å². The minimum Gasteiger partial charge on any atom is -0.307 e. The van der Waals surface area contributed by atoms with Crippen LogP contribution in [0.4, 0.5) is 11.5 Å². The van der Waals surface area contributed by atoms with Crippen LogP contribution in [-0.2, 0) is 6.54 Å². The molecule has 7 nitrogen and oxygen atoms in total. The first-order valence-electron chi connectivity index (χ1n) is 7.35. The number of aromatic nitrogens is 2. The average molecular weight is 357 g/mol. The predicted octanol–water partition coefficient (Wildman–Crippen LogP) is 3.75. The van der Waals surface area contributed by atoms with Crippen LogP contribution in [0, 0.1) is 10.1 Å². The summed E-state index contributed by atoms with van der Waals surface area (Å²) in [5.74, 6) is 0.0148. The van der Waals surface area contributed by atoms with Crippen LogP contribution in [0.15, 0.2) is 60.8 Å². The van der Waals surface area contributed by atoms with Gasteiger partial charge in [-0.15, -0.1) is 0 Å². The summed E-state index contributed by atoms with van der Waals surface area (Å²) in [5, 5.41) is 18.3. The zero-order valence-electron chi connectivity index (χ0n) is 12.9. The van der Waals surface area contributed by atoms with Gasteiger partial charge in [0.25, 0.3) is 11.6 Å². The van der Waals surface area contributed by atoms with Crippen LogP contribution in [0.1, 0.15) is 15.9 Å². The summed E-state index contributed by atoms with van der Waals surface area (Å²) in [7, 11) is 0. The Hall–Kier alpha value is -3.19. The Bertz CT molecular complexity index is 939. The fraction of sp³-hybridized carbons (Fsp3) is 0.0588. The van der Waals surface area contributed by atoms with Gasteiger partial charge < -0.3 is 5.32 Å². The Morgan fingerprint density at radius 1 is 1.20 bits per heavy atom. The van der Waals surface area contributed by atoms with Gasteiger partial charge >= 0.3 is 0 Å². The Morgan fingerprint density at radius 3 is 2.76 bits per heavy atom. The maximum absolute atomic E-state index is 12.4. The number of nitrogens with zero attached hydrogens (tertiary/aromatic N) is 3. The standard InChI is InChI=1S/C17H13ClN4O3/c18-15-7-2-1-4-13(15)11-21-16(8-9-19-21)20-17(23)12-5-3-6-14(10-12)22(24)25/h1-10H,11H2,(H,20,23). The lowest BCUT2D eigenvalue weighted by atomic mass is 10.2. The van der Waals surface area contributed by atoms with Crippen molar-refractivity contribution < 1.29 is 9.72 Å². The highest BCUT2D eigenvalue weighted by atomic mass is 35.5. The molecule has 1 aromatic heterocycles. The normalized spacial score (nSPS) is 10.4. The maximum atomic E-state index is 12.4. The molecule has 3 aromatic rings. The lowest BCUT2D eigenvalue weighted by Crippen LogP contribution is -2.16. The fourth-order valence-electron chi connectivity index (χ4n) is 2.30. The molecule has 0 bridgehead atoms. The van der Waals surface area contributed by atoms with Crippen LogP contribution in [0.25, 0.3) is 0 Å². The van der Waals surface area contributed by atoms with Crippen molar-refractivity contribution in [1.82, 2.24) is 9.78 Å². The fourth-order valence-corrected chi connectivity index (χ4v) is 2.50. The van der Waals surface area contributed by atoms with Crippen molar-refractivity contribution in [2.75, 3.05) is 5.32 Å². The van der Waals surface area contributed by atoms with Gasteiger partial charge in [0.05, 0.1) is 17.7 Å². The average Bonchev–Trinajstić information content (AvgIpc) is 3.04. The summed E-state index contributed by atoms with van der Waals surface area (Å²) in [4.78, 5) is 22.6. The predicted molar refractivity (Wildman–Crippen MR) is 93.8 cm³/mol. The van der Waals surface area contributed by atoms with Crippen molar-refractivity contribution in [3.8, 4) is 0 Å². The molecule has 8 heteroatoms. The number of hydrogen-bond acceptors (Lipinski definition) is 4. The van der Waals surface area contributed by atoms with E-state index < -0.39 is 10.8 Å². The molecule has 0 aliphatic rings. The number of hydrogen-bond donors (Lipinski definition) is 1. The Morgan fingerprint density at radius 2 is 2.00 bits per heavy atom. The summed E-state index contributed by atoms with van der Waals surface area (Å²) in [5.41, 5.74) is 0.913. The van der Waals surface area contributed by atoms with E-state index in [9.17, 15) is 14.9 Å². The molecule has 126 valence electrons. The molecule has 3 rings (SSSR count). The highest BCUT2D eigenvalue weighted by molar-refractivity contribution is 6.31. The number of benzene rings is 2. The molecule has 0 atom stereocenters. The van der Waals surface area contributed by atoms with Crippen LogP contribution in [0.3, 0.4) is 0 Å². The SMILES string of the molecule is O=C(Nc1ccnn1Cc1ccccc1Cl)c1cccc([N+](=O)[O-])c1. The number of anilines is 1. The van der Waals surface area contributed by atoms with Crippen molar-refractivity contribution in [1.29, 1.82) is 0 Å². The largest absolute Gasteiger partial charge is 0.307 e. The number of nitro groups is 1. The number of carbonyl (C=O) groups is 1. The lowest BCUT2D eigenvalue weighted by molar-refractivity contribution is -0.384. The van der Waals surface area contributed by atoms with Crippen LogP contribution in [-0.4, -0.2) is 20.6 Å². The van der Waals surface area contributed by atoms with Crippen molar-refractivity contribution in [2.45, 2.75) is 6.54 Å². The van der Waals surface area contributed by atoms with Crippen LogP contribution < -0.4 is 5.32 Å². The molecule has 0 radical (unpaired) electrons. The zero-order valence-corrected chi connectivity index (χ0v) is 13.7. The van der Waals surface area contributed by atoms with Gasteiger partial charge in [0.1, 0.15) is 5.82 Å². The first kappa shape index (κ1) is 16.7. The molecule has 0 aliphatic heterocycles. The quantitative estimate of drug-likeness (QED) is 0.557. The number of carbonyl (C=O) groups excluding carboxylic acids is 1. The van der Waals surface area contributed by atoms with E-state index >= 15 is 0 Å². The van der Waals surface area contributed by atoms with E-state index in [-0.39, 0.29) is 11.3 Å². The zero-order chi connectivity index (χ0) is 17.8. The third-order valence-electron chi connectivity index (χ3n) is 3.56. The van der Waals surface area contributed by atoms with E-state index in [4.69, 9.17) is 11.6 Å². The molecular weight excluding hydrogens is 344 g/mol. The van der Waals surface area contributed by atoms with Gasteiger partial charge in [-0.05, 0) is 17.7 Å². The number of amides is 1. The molecule has 0 fully saturated rings. The van der Waals surface area contributed by atoms with Crippen molar-refractivity contribution in [2.24, 2.45) is 0 Å². The number of nitro benzene ring substituents is 1. The van der Waals surface area contributed by atoms with E-state index in [1.54, 1.807) is 23.0 Å². The molecule has 1 heterocycles. The molecule has 1 amide bonds. The van der Waals surface area contributed by atoms with Gasteiger partial charge in [-0.3, -0.25) is 14.9 Å². The topological polar surface area (TPSA) is 90.1 Å². The molecule has 2 aromatic carbocycles. The van der Waals surface area contributed by atoms with E-state index in [0.717, 1.165) is 5.56 Å². The minimum atomic E-state index is -0.543. The molecule has 1 N–H and O–H groups in total. The molecule has 0 spiro atoms. The van der Waals surface area contributed by atoms with E-state index in [1.165, 1.54) is 24.3 Å². The number of rotatable bonds is 5. The molecular formula is C17H13ClN4O3. The molecule has 25 heavy (non-hydrogen) atoms. The van der Waals surface area contributed by atoms with Gasteiger partial charge in [0.15, 0.2) is 0 Å². The smallest absolute Gasteiger partial charge is 0.270 e. The van der Waals surface area contributed by atoms with Crippen LogP contribution in [0.2, 0.25) is 5.02 Å². The van der Waals surface area contributed by atoms with Gasteiger partial charge in [-0.2, -0.15) is 5.10 Å². The molecule has 0 unspecified atom stereocenters. The third kappa shape index (κ3) is 3.84. The summed E-state index contributed by atoms with van der Waals surface area (Å²) < 4.78 is 1.59. The van der Waals surface area contributed by atoms with Gasteiger partial charge in [0, 0.05) is 28.8 Å². The summed E-state index contributed by atoms with van der Waals surface area (Å²) in [6.45, 7) is 0.386. The van der Waals surface area contributed by atoms with Crippen LogP contribution >= 0.6 is 11.6 Å². The van der Waals surface area contributed by atoms with Gasteiger partial charge in [-0.25, -0.2) is 4.68 Å².